The third-order valence-corrected chi connectivity index (χ3v) is 6.23. The lowest BCUT2D eigenvalue weighted by Gasteiger charge is -2.44. The van der Waals surface area contributed by atoms with Crippen molar-refractivity contribution in [1.82, 2.24) is 4.90 Å². The maximum Gasteiger partial charge on any atom is 0.226 e. The van der Waals surface area contributed by atoms with Crippen molar-refractivity contribution in [3.8, 4) is 0 Å². The van der Waals surface area contributed by atoms with Gasteiger partial charge in [0.15, 0.2) is 0 Å². The molecule has 0 aromatic heterocycles. The molecule has 2 aliphatic carbocycles. The van der Waals surface area contributed by atoms with E-state index in [1.54, 1.807) is 7.11 Å². The number of fused-ring (bicyclic) bond motifs is 2. The summed E-state index contributed by atoms with van der Waals surface area (Å²) in [5.74, 6) is 1.42. The van der Waals surface area contributed by atoms with Crippen LogP contribution in [-0.4, -0.2) is 50.3 Å². The summed E-state index contributed by atoms with van der Waals surface area (Å²) < 4.78 is 10.7. The number of benzene rings is 1. The normalized spacial score (nSPS) is 26.4. The van der Waals surface area contributed by atoms with Crippen LogP contribution >= 0.6 is 12.4 Å². The molecule has 2 atom stereocenters. The largest absolute Gasteiger partial charge is 0.382 e. The lowest BCUT2D eigenvalue weighted by molar-refractivity contribution is -0.140. The van der Waals surface area contributed by atoms with E-state index in [4.69, 9.17) is 15.2 Å². The Morgan fingerprint density at radius 2 is 1.79 bits per heavy atom. The van der Waals surface area contributed by atoms with Gasteiger partial charge in [-0.1, -0.05) is 36.8 Å². The van der Waals surface area contributed by atoms with Gasteiger partial charge in [0, 0.05) is 32.2 Å². The highest BCUT2D eigenvalue weighted by atomic mass is 35.5. The van der Waals surface area contributed by atoms with Gasteiger partial charge in [-0.15, -0.1) is 12.4 Å². The van der Waals surface area contributed by atoms with E-state index in [2.05, 4.69) is 12.1 Å². The van der Waals surface area contributed by atoms with Crippen LogP contribution in [0.4, 0.5) is 0 Å². The maximum absolute atomic E-state index is 13.4. The van der Waals surface area contributed by atoms with E-state index in [1.807, 2.05) is 23.1 Å². The summed E-state index contributed by atoms with van der Waals surface area (Å²) in [7, 11) is 1.67. The number of carbonyl (C=O) groups excluding carboxylic acids is 1. The van der Waals surface area contributed by atoms with Crippen LogP contribution in [-0.2, 0) is 20.8 Å². The first-order valence-electron chi connectivity index (χ1n) is 10.3. The summed E-state index contributed by atoms with van der Waals surface area (Å²) in [4.78, 5) is 15.4. The molecule has 2 unspecified atom stereocenters. The molecule has 0 spiro atoms. The number of nitrogens with two attached hydrogens (primary N) is 1. The topological polar surface area (TPSA) is 64.8 Å². The zero-order valence-electron chi connectivity index (χ0n) is 16.9. The van der Waals surface area contributed by atoms with Crippen molar-refractivity contribution in [3.63, 3.8) is 0 Å². The molecule has 1 aromatic rings. The molecule has 1 amide bonds. The molecule has 2 bridgehead atoms. The number of amides is 1. The van der Waals surface area contributed by atoms with Crippen LogP contribution in [0.15, 0.2) is 30.3 Å². The summed E-state index contributed by atoms with van der Waals surface area (Å²) in [5.41, 5.74) is 7.58. The fraction of sp³-hybridized carbons (Fsp3) is 0.682. The zero-order valence-corrected chi connectivity index (χ0v) is 17.7. The Labute approximate surface area is 175 Å². The highest BCUT2D eigenvalue weighted by Crippen LogP contribution is 2.42. The number of hydrogen-bond donors (Lipinski definition) is 1. The SMILES string of the molecule is COCCOCCN(Cc1ccccc1)C(=O)C1CC2CCCC(C1)C2N.Cl. The Kier molecular flexibility index (Phi) is 9.72. The van der Waals surface area contributed by atoms with Gasteiger partial charge in [-0.3, -0.25) is 4.79 Å². The van der Waals surface area contributed by atoms with Gasteiger partial charge >= 0.3 is 0 Å². The summed E-state index contributed by atoms with van der Waals surface area (Å²) >= 11 is 0. The van der Waals surface area contributed by atoms with Gasteiger partial charge in [0.25, 0.3) is 0 Å². The van der Waals surface area contributed by atoms with Crippen LogP contribution in [0.3, 0.4) is 0 Å². The van der Waals surface area contributed by atoms with Crippen molar-refractivity contribution in [2.24, 2.45) is 23.5 Å². The minimum absolute atomic E-state index is 0. The second-order valence-electron chi connectivity index (χ2n) is 8.05. The minimum atomic E-state index is 0. The van der Waals surface area contributed by atoms with E-state index < -0.39 is 0 Å². The predicted molar refractivity (Wildman–Crippen MR) is 113 cm³/mol. The first-order chi connectivity index (χ1) is 13.2. The number of halogens is 1. The quantitative estimate of drug-likeness (QED) is 0.634. The van der Waals surface area contributed by atoms with Gasteiger partial charge in [-0.05, 0) is 43.1 Å². The van der Waals surface area contributed by atoms with Crippen LogP contribution in [0.5, 0.6) is 0 Å². The maximum atomic E-state index is 13.4. The lowest BCUT2D eigenvalue weighted by Crippen LogP contribution is -2.50. The number of hydrogen-bond acceptors (Lipinski definition) is 4. The third-order valence-electron chi connectivity index (χ3n) is 6.23. The van der Waals surface area contributed by atoms with E-state index in [-0.39, 0.29) is 24.2 Å². The summed E-state index contributed by atoms with van der Waals surface area (Å²) in [5, 5.41) is 0. The van der Waals surface area contributed by atoms with Crippen molar-refractivity contribution < 1.29 is 14.3 Å². The van der Waals surface area contributed by atoms with E-state index >= 15 is 0 Å². The lowest BCUT2D eigenvalue weighted by atomic mass is 9.65. The highest BCUT2D eigenvalue weighted by molar-refractivity contribution is 5.85. The second-order valence-corrected chi connectivity index (χ2v) is 8.05. The average molecular weight is 411 g/mol. The second kappa shape index (κ2) is 11.8. The molecule has 0 aliphatic heterocycles. The van der Waals surface area contributed by atoms with E-state index in [0.29, 0.717) is 50.8 Å². The predicted octanol–water partition coefficient (Wildman–Crippen LogP) is 3.25. The first-order valence-corrected chi connectivity index (χ1v) is 10.3. The van der Waals surface area contributed by atoms with Crippen LogP contribution in [0.25, 0.3) is 0 Å². The molecule has 6 heteroatoms. The van der Waals surface area contributed by atoms with Crippen molar-refractivity contribution in [2.75, 3.05) is 33.5 Å². The van der Waals surface area contributed by atoms with Crippen LogP contribution < -0.4 is 5.73 Å². The van der Waals surface area contributed by atoms with Gasteiger partial charge in [-0.25, -0.2) is 0 Å². The molecular weight excluding hydrogens is 376 g/mol. The fourth-order valence-corrected chi connectivity index (χ4v) is 4.74. The highest BCUT2D eigenvalue weighted by Gasteiger charge is 2.41. The molecule has 28 heavy (non-hydrogen) atoms. The average Bonchev–Trinajstić information content (AvgIpc) is 2.67. The molecule has 2 fully saturated rings. The van der Waals surface area contributed by atoms with Crippen LogP contribution in [0, 0.1) is 17.8 Å². The molecule has 0 saturated heterocycles. The smallest absolute Gasteiger partial charge is 0.226 e. The molecule has 0 radical (unpaired) electrons. The molecule has 0 heterocycles. The Morgan fingerprint density at radius 3 is 2.43 bits per heavy atom. The number of methoxy groups -OCH3 is 1. The standard InChI is InChI=1S/C22H34N2O3.ClH/c1-26-12-13-27-11-10-24(16-17-6-3-2-4-7-17)22(25)20-14-18-8-5-9-19(15-20)21(18)23;/h2-4,6-7,18-21H,5,8-16,23H2,1H3;1H. The zero-order chi connectivity index (χ0) is 19.1. The third kappa shape index (κ3) is 6.18. The van der Waals surface area contributed by atoms with E-state index in [0.717, 1.165) is 18.4 Å². The molecule has 2 saturated carbocycles. The van der Waals surface area contributed by atoms with Gasteiger partial charge in [0.05, 0.1) is 19.8 Å². The first kappa shape index (κ1) is 23.1. The number of ether oxygens (including phenoxy) is 2. The Bertz CT molecular complexity index is 572. The summed E-state index contributed by atoms with van der Waals surface area (Å²) in [6.07, 6.45) is 5.53. The van der Waals surface area contributed by atoms with Gasteiger partial charge in [-0.2, -0.15) is 0 Å². The number of nitrogens with zero attached hydrogens (tertiary/aromatic N) is 1. The van der Waals surface area contributed by atoms with E-state index in [9.17, 15) is 4.79 Å². The monoisotopic (exact) mass is 410 g/mol. The van der Waals surface area contributed by atoms with Gasteiger partial charge < -0.3 is 20.1 Å². The van der Waals surface area contributed by atoms with E-state index in [1.165, 1.54) is 19.3 Å². The fourth-order valence-electron chi connectivity index (χ4n) is 4.74. The van der Waals surface area contributed by atoms with Gasteiger partial charge in [0.1, 0.15) is 0 Å². The number of rotatable bonds is 9. The Balaban J connectivity index is 0.00000280. The van der Waals surface area contributed by atoms with Crippen LogP contribution in [0.2, 0.25) is 0 Å². The number of carbonyl (C=O) groups is 1. The molecule has 2 N–H and O–H groups in total. The van der Waals surface area contributed by atoms with Crippen molar-refractivity contribution in [2.45, 2.75) is 44.7 Å². The van der Waals surface area contributed by atoms with Gasteiger partial charge in [0.2, 0.25) is 5.91 Å². The summed E-state index contributed by atoms with van der Waals surface area (Å²) in [6.45, 7) is 2.95. The summed E-state index contributed by atoms with van der Waals surface area (Å²) in [6, 6.07) is 10.5. The Morgan fingerprint density at radius 1 is 1.11 bits per heavy atom. The van der Waals surface area contributed by atoms with Crippen molar-refractivity contribution >= 4 is 18.3 Å². The molecule has 2 aliphatic rings. The minimum Gasteiger partial charge on any atom is -0.382 e. The van der Waals surface area contributed by atoms with Crippen LogP contribution in [0.1, 0.15) is 37.7 Å². The molecule has 158 valence electrons. The molecular formula is C22H35ClN2O3. The molecule has 3 rings (SSSR count). The van der Waals surface area contributed by atoms with Crippen molar-refractivity contribution in [3.05, 3.63) is 35.9 Å². The molecule has 1 aromatic carbocycles. The van der Waals surface area contributed by atoms with Crippen molar-refractivity contribution in [1.29, 1.82) is 0 Å². The Hall–Kier alpha value is -1.14. The molecule has 5 nitrogen and oxygen atoms in total.